The molecule has 1 amide bonds. The van der Waals surface area contributed by atoms with Gasteiger partial charge in [-0.1, -0.05) is 59.9 Å². The van der Waals surface area contributed by atoms with E-state index in [1.807, 2.05) is 30.3 Å². The lowest BCUT2D eigenvalue weighted by atomic mass is 10.2. The molecule has 10 heteroatoms. The average molecular weight is 418 g/mol. The Bertz CT molecular complexity index is 1040. The second-order valence-electron chi connectivity index (χ2n) is 5.96. The van der Waals surface area contributed by atoms with E-state index in [9.17, 15) is 13.2 Å². The van der Waals surface area contributed by atoms with Crippen LogP contribution in [0.2, 0.25) is 0 Å². The number of amides is 1. The Labute approximate surface area is 167 Å². The van der Waals surface area contributed by atoms with Crippen LogP contribution in [0.1, 0.15) is 0 Å². The summed E-state index contributed by atoms with van der Waals surface area (Å²) in [5.74, 6) is -0.509. The number of carbonyl (C=O) groups is 1. The van der Waals surface area contributed by atoms with Gasteiger partial charge in [-0.25, -0.2) is 4.31 Å². The van der Waals surface area contributed by atoms with Gasteiger partial charge in [0.2, 0.25) is 11.0 Å². The molecule has 1 N–H and O–H groups in total. The van der Waals surface area contributed by atoms with E-state index < -0.39 is 16.1 Å². The molecule has 0 fully saturated rings. The molecule has 0 aliphatic rings. The molecule has 8 nitrogen and oxygen atoms in total. The van der Waals surface area contributed by atoms with Gasteiger partial charge in [0, 0.05) is 19.7 Å². The van der Waals surface area contributed by atoms with Gasteiger partial charge in [0.15, 0.2) is 0 Å². The minimum Gasteiger partial charge on any atom is -0.299 e. The molecule has 3 aromatic rings. The van der Waals surface area contributed by atoms with Crippen LogP contribution in [0.4, 0.5) is 10.8 Å². The average Bonchev–Trinajstić information content (AvgIpc) is 3.15. The van der Waals surface area contributed by atoms with Crippen molar-refractivity contribution in [3.63, 3.8) is 0 Å². The largest absolute Gasteiger partial charge is 0.304 e. The first kappa shape index (κ1) is 19.9. The molecule has 0 aliphatic carbocycles. The molecule has 0 atom stereocenters. The summed E-state index contributed by atoms with van der Waals surface area (Å²) in [6.45, 7) is -0.384. The summed E-state index contributed by atoms with van der Waals surface area (Å²) in [6.07, 6.45) is 0. The van der Waals surface area contributed by atoms with Gasteiger partial charge in [0.05, 0.1) is 5.69 Å². The van der Waals surface area contributed by atoms with Crippen LogP contribution in [0.25, 0.3) is 10.6 Å². The summed E-state index contributed by atoms with van der Waals surface area (Å²) in [4.78, 5) is 12.5. The Morgan fingerprint density at radius 3 is 2.21 bits per heavy atom. The molecule has 0 bridgehead atoms. The number of hydrogen-bond donors (Lipinski definition) is 1. The van der Waals surface area contributed by atoms with Crippen LogP contribution < -0.4 is 9.62 Å². The Morgan fingerprint density at radius 2 is 1.61 bits per heavy atom. The summed E-state index contributed by atoms with van der Waals surface area (Å²) in [5, 5.41) is 11.6. The fraction of sp³-hybridized carbons (Fsp3) is 0.167. The number of carbonyl (C=O) groups excluding carboxylic acids is 1. The molecule has 28 heavy (non-hydrogen) atoms. The Morgan fingerprint density at radius 1 is 1.00 bits per heavy atom. The predicted molar refractivity (Wildman–Crippen MR) is 110 cm³/mol. The normalized spacial score (nSPS) is 11.4. The number of hydrogen-bond acceptors (Lipinski definition) is 6. The maximum atomic E-state index is 12.7. The Hall–Kier alpha value is -2.82. The van der Waals surface area contributed by atoms with Crippen molar-refractivity contribution in [2.75, 3.05) is 30.3 Å². The van der Waals surface area contributed by atoms with Crippen molar-refractivity contribution in [1.29, 1.82) is 0 Å². The zero-order valence-electron chi connectivity index (χ0n) is 15.3. The third kappa shape index (κ3) is 4.53. The Balaban J connectivity index is 1.77. The van der Waals surface area contributed by atoms with Gasteiger partial charge >= 0.3 is 10.2 Å². The highest BCUT2D eigenvalue weighted by Crippen LogP contribution is 2.26. The van der Waals surface area contributed by atoms with Gasteiger partial charge in [0.1, 0.15) is 11.6 Å². The van der Waals surface area contributed by atoms with Crippen LogP contribution >= 0.6 is 11.3 Å². The maximum absolute atomic E-state index is 12.7. The van der Waals surface area contributed by atoms with E-state index in [-0.39, 0.29) is 6.54 Å². The number of benzene rings is 2. The van der Waals surface area contributed by atoms with Crippen molar-refractivity contribution in [2.45, 2.75) is 0 Å². The van der Waals surface area contributed by atoms with Crippen molar-refractivity contribution in [3.8, 4) is 10.6 Å². The van der Waals surface area contributed by atoms with Gasteiger partial charge in [-0.15, -0.1) is 10.2 Å². The van der Waals surface area contributed by atoms with Gasteiger partial charge < -0.3 is 0 Å². The van der Waals surface area contributed by atoms with Crippen molar-refractivity contribution in [2.24, 2.45) is 0 Å². The zero-order chi connectivity index (χ0) is 20.1. The number of nitrogens with zero attached hydrogens (tertiary/aromatic N) is 4. The number of anilines is 2. The van der Waals surface area contributed by atoms with E-state index in [2.05, 4.69) is 15.5 Å². The zero-order valence-corrected chi connectivity index (χ0v) is 16.9. The summed E-state index contributed by atoms with van der Waals surface area (Å²) in [6, 6.07) is 17.9. The second kappa shape index (κ2) is 8.46. The second-order valence-corrected chi connectivity index (χ2v) is 9.00. The first-order chi connectivity index (χ1) is 13.4. The standard InChI is InChI=1S/C18H19N5O3S2/c1-22(2)28(25,26)23(15-11-7-4-8-12-15)13-16(24)19-18-21-20-17(27-18)14-9-5-3-6-10-14/h3-12H,13H2,1-2H3,(H,19,21,24). The van der Waals surface area contributed by atoms with Gasteiger partial charge in [-0.2, -0.15) is 12.7 Å². The van der Waals surface area contributed by atoms with Crippen LogP contribution in [0.3, 0.4) is 0 Å². The van der Waals surface area contributed by atoms with Crippen molar-refractivity contribution in [1.82, 2.24) is 14.5 Å². The number of rotatable bonds is 7. The highest BCUT2D eigenvalue weighted by molar-refractivity contribution is 7.90. The van der Waals surface area contributed by atoms with Crippen LogP contribution in [-0.4, -0.2) is 49.5 Å². The van der Waals surface area contributed by atoms with Gasteiger partial charge in [0.25, 0.3) is 0 Å². The molecule has 1 heterocycles. The van der Waals surface area contributed by atoms with E-state index in [0.29, 0.717) is 15.8 Å². The molecule has 3 rings (SSSR count). The van der Waals surface area contributed by atoms with Crippen molar-refractivity contribution in [3.05, 3.63) is 60.7 Å². The summed E-state index contributed by atoms with van der Waals surface area (Å²) in [5.41, 5.74) is 1.29. The Kier molecular flexibility index (Phi) is 6.02. The molecular formula is C18H19N5O3S2. The minimum absolute atomic E-state index is 0.305. The molecule has 146 valence electrons. The first-order valence-corrected chi connectivity index (χ1v) is 10.5. The molecule has 2 aromatic carbocycles. The van der Waals surface area contributed by atoms with Crippen LogP contribution in [0, 0.1) is 0 Å². The maximum Gasteiger partial charge on any atom is 0.304 e. The summed E-state index contributed by atoms with van der Waals surface area (Å²) >= 11 is 1.22. The fourth-order valence-corrected chi connectivity index (χ4v) is 4.19. The molecule has 0 unspecified atom stereocenters. The number of para-hydroxylation sites is 1. The highest BCUT2D eigenvalue weighted by atomic mass is 32.2. The van der Waals surface area contributed by atoms with E-state index in [0.717, 1.165) is 14.2 Å². The monoisotopic (exact) mass is 417 g/mol. The van der Waals surface area contributed by atoms with Crippen LogP contribution in [0.5, 0.6) is 0 Å². The van der Waals surface area contributed by atoms with Crippen LogP contribution in [-0.2, 0) is 15.0 Å². The third-order valence-electron chi connectivity index (χ3n) is 3.76. The molecule has 0 saturated carbocycles. The molecule has 0 spiro atoms. The lowest BCUT2D eigenvalue weighted by molar-refractivity contribution is -0.114. The van der Waals surface area contributed by atoms with E-state index >= 15 is 0 Å². The van der Waals surface area contributed by atoms with Gasteiger partial charge in [-0.05, 0) is 12.1 Å². The van der Waals surface area contributed by atoms with E-state index in [4.69, 9.17) is 0 Å². The lowest BCUT2D eigenvalue weighted by Gasteiger charge is -2.26. The predicted octanol–water partition coefficient (Wildman–Crippen LogP) is 2.46. The molecular weight excluding hydrogens is 398 g/mol. The highest BCUT2D eigenvalue weighted by Gasteiger charge is 2.27. The molecule has 0 saturated heterocycles. The first-order valence-electron chi connectivity index (χ1n) is 8.32. The third-order valence-corrected chi connectivity index (χ3v) is 6.47. The molecule has 0 aliphatic heterocycles. The van der Waals surface area contributed by atoms with Crippen LogP contribution in [0.15, 0.2) is 60.7 Å². The number of aromatic nitrogens is 2. The number of nitrogens with one attached hydrogen (secondary N) is 1. The van der Waals surface area contributed by atoms with E-state index in [1.54, 1.807) is 30.3 Å². The molecule has 0 radical (unpaired) electrons. The van der Waals surface area contributed by atoms with Gasteiger partial charge in [-0.3, -0.25) is 10.1 Å². The lowest BCUT2D eigenvalue weighted by Crippen LogP contribution is -2.44. The van der Waals surface area contributed by atoms with Crippen molar-refractivity contribution >= 4 is 38.3 Å². The summed E-state index contributed by atoms with van der Waals surface area (Å²) < 4.78 is 27.4. The van der Waals surface area contributed by atoms with Crippen molar-refractivity contribution < 1.29 is 13.2 Å². The SMILES string of the molecule is CN(C)S(=O)(=O)N(CC(=O)Nc1nnc(-c2ccccc2)s1)c1ccccc1. The fourth-order valence-electron chi connectivity index (χ4n) is 2.36. The summed E-state index contributed by atoms with van der Waals surface area (Å²) in [7, 11) is -1.01. The van der Waals surface area contributed by atoms with E-state index in [1.165, 1.54) is 25.4 Å². The smallest absolute Gasteiger partial charge is 0.299 e. The molecule has 1 aromatic heterocycles. The minimum atomic E-state index is -3.84. The topological polar surface area (TPSA) is 95.5 Å². The quantitative estimate of drug-likeness (QED) is 0.637.